The fourth-order valence-electron chi connectivity index (χ4n) is 5.66. The Bertz CT molecular complexity index is 1570. The molecule has 5 unspecified atom stereocenters. The van der Waals surface area contributed by atoms with Gasteiger partial charge in [-0.1, -0.05) is 86.6 Å². The molecule has 260 valence electrons. The first kappa shape index (κ1) is 36.6. The molecule has 12 heteroatoms. The molecular formula is C37H46N6O6. The summed E-state index contributed by atoms with van der Waals surface area (Å²) in [6, 6.07) is 21.5. The van der Waals surface area contributed by atoms with Crippen molar-refractivity contribution in [3.05, 3.63) is 102 Å². The smallest absolute Gasteiger partial charge is 0.244 e. The molecule has 3 aromatic carbocycles. The van der Waals surface area contributed by atoms with E-state index in [1.807, 2.05) is 74.5 Å². The fourth-order valence-corrected chi connectivity index (χ4v) is 5.66. The first-order valence-corrected chi connectivity index (χ1v) is 16.6. The van der Waals surface area contributed by atoms with Gasteiger partial charge in [-0.3, -0.25) is 24.0 Å². The van der Waals surface area contributed by atoms with Gasteiger partial charge in [-0.25, -0.2) is 0 Å². The van der Waals surface area contributed by atoms with Crippen molar-refractivity contribution in [1.82, 2.24) is 26.6 Å². The minimum absolute atomic E-state index is 0.00526. The van der Waals surface area contributed by atoms with Gasteiger partial charge in [0.25, 0.3) is 0 Å². The summed E-state index contributed by atoms with van der Waals surface area (Å²) in [4.78, 5) is 68.1. The Balaban J connectivity index is 1.63. The predicted octanol–water partition coefficient (Wildman–Crippen LogP) is 1.46. The Morgan fingerprint density at radius 3 is 1.98 bits per heavy atom. The quantitative estimate of drug-likeness (QED) is 0.159. The minimum Gasteiger partial charge on any atom is -0.508 e. The van der Waals surface area contributed by atoms with Gasteiger partial charge in [-0.2, -0.15) is 0 Å². The Labute approximate surface area is 286 Å². The fraction of sp³-hybridized carbons (Fsp3) is 0.378. The van der Waals surface area contributed by atoms with Crippen LogP contribution in [0.15, 0.2) is 84.9 Å². The highest BCUT2D eigenvalue weighted by molar-refractivity contribution is 6.01. The topological polar surface area (TPSA) is 192 Å². The van der Waals surface area contributed by atoms with Crippen LogP contribution in [0.5, 0.6) is 5.75 Å². The molecule has 5 atom stereocenters. The van der Waals surface area contributed by atoms with Crippen LogP contribution in [0, 0.1) is 11.8 Å². The van der Waals surface area contributed by atoms with Crippen molar-refractivity contribution in [2.45, 2.75) is 70.2 Å². The van der Waals surface area contributed by atoms with Gasteiger partial charge >= 0.3 is 0 Å². The number of rotatable bonds is 10. The van der Waals surface area contributed by atoms with Crippen LogP contribution in [-0.4, -0.2) is 65.5 Å². The van der Waals surface area contributed by atoms with Crippen LogP contribution >= 0.6 is 0 Å². The van der Waals surface area contributed by atoms with E-state index < -0.39 is 59.7 Å². The monoisotopic (exact) mass is 670 g/mol. The van der Waals surface area contributed by atoms with E-state index in [1.54, 1.807) is 12.1 Å². The maximum atomic E-state index is 13.9. The maximum absolute atomic E-state index is 13.9. The summed E-state index contributed by atoms with van der Waals surface area (Å²) in [5, 5.41) is 23.6. The maximum Gasteiger partial charge on any atom is 0.244 e. The number of hydrogen-bond donors (Lipinski definition) is 7. The minimum atomic E-state index is -1.16. The van der Waals surface area contributed by atoms with Crippen molar-refractivity contribution in [2.24, 2.45) is 17.6 Å². The Morgan fingerprint density at radius 1 is 0.776 bits per heavy atom. The molecule has 1 fully saturated rings. The van der Waals surface area contributed by atoms with Gasteiger partial charge in [0.15, 0.2) is 0 Å². The van der Waals surface area contributed by atoms with Crippen LogP contribution in [-0.2, 0) is 43.2 Å². The molecule has 8 N–H and O–H groups in total. The lowest BCUT2D eigenvalue weighted by Crippen LogP contribution is -2.60. The molecule has 0 saturated carbocycles. The van der Waals surface area contributed by atoms with E-state index in [4.69, 9.17) is 5.73 Å². The summed E-state index contributed by atoms with van der Waals surface area (Å²) in [6.45, 7) is 3.77. The van der Waals surface area contributed by atoms with Gasteiger partial charge in [0.1, 0.15) is 29.9 Å². The molecular weight excluding hydrogens is 624 g/mol. The molecule has 1 heterocycles. The third kappa shape index (κ3) is 11.5. The Hall–Kier alpha value is -5.23. The van der Waals surface area contributed by atoms with Crippen LogP contribution < -0.4 is 32.3 Å². The van der Waals surface area contributed by atoms with Crippen molar-refractivity contribution in [3.8, 4) is 5.75 Å². The van der Waals surface area contributed by atoms with Crippen LogP contribution in [0.2, 0.25) is 0 Å². The standard InChI is InChI=1S/C37H46N6O6/c1-23(2)19-28-33(45)39-18-17-30(40-35(47)29(38)20-26-13-15-27(44)16-14-26)36(48)41-31(21-24-9-5-3-6-10-24)37(49)43-32(42-34(28)46)22-25-11-7-4-8-12-25/h3-16,23,28-32,44H,17-22,38H2,1-2H3,(H,39,45)(H,40,47)(H,41,48)(H,42,46)(H,43,49). The lowest BCUT2D eigenvalue weighted by molar-refractivity contribution is -0.137. The number of phenolic OH excluding ortho intramolecular Hbond substituents is 1. The summed E-state index contributed by atoms with van der Waals surface area (Å²) < 4.78 is 0. The number of amides is 5. The Morgan fingerprint density at radius 2 is 1.37 bits per heavy atom. The number of hydrogen-bond acceptors (Lipinski definition) is 7. The summed E-state index contributed by atoms with van der Waals surface area (Å²) in [5.74, 6) is -3.81. The predicted molar refractivity (Wildman–Crippen MR) is 185 cm³/mol. The number of carbonyl (C=O) groups is 5. The molecule has 0 aliphatic carbocycles. The molecule has 12 nitrogen and oxygen atoms in total. The largest absolute Gasteiger partial charge is 0.508 e. The van der Waals surface area contributed by atoms with E-state index in [0.717, 1.165) is 11.1 Å². The van der Waals surface area contributed by atoms with Gasteiger partial charge < -0.3 is 37.4 Å². The van der Waals surface area contributed by atoms with Gasteiger partial charge in [0.2, 0.25) is 29.5 Å². The SMILES string of the molecule is CC(C)CC1C(=O)NCCC(NC(=O)C(N)Cc2ccc(O)cc2)C(=O)NC(Cc2ccccc2)C(=O)NC(Cc2ccccc2)NC1=O. The molecule has 1 aliphatic heterocycles. The third-order valence-electron chi connectivity index (χ3n) is 8.27. The average molecular weight is 671 g/mol. The normalized spacial score (nSPS) is 21.4. The molecule has 0 radical (unpaired) electrons. The van der Waals surface area contributed by atoms with E-state index in [-0.39, 0.29) is 50.3 Å². The molecule has 1 saturated heterocycles. The summed E-state index contributed by atoms with van der Waals surface area (Å²) in [7, 11) is 0. The second kappa shape index (κ2) is 17.8. The molecule has 0 bridgehead atoms. The van der Waals surface area contributed by atoms with Crippen LogP contribution in [0.1, 0.15) is 43.4 Å². The number of carbonyl (C=O) groups excluding carboxylic acids is 5. The summed E-state index contributed by atoms with van der Waals surface area (Å²) in [6.07, 6.45) is -0.146. The van der Waals surface area contributed by atoms with Gasteiger partial charge in [0.05, 0.1) is 6.04 Å². The first-order chi connectivity index (χ1) is 23.5. The number of aromatic hydroxyl groups is 1. The van der Waals surface area contributed by atoms with Crippen molar-refractivity contribution < 1.29 is 29.1 Å². The van der Waals surface area contributed by atoms with E-state index in [0.29, 0.717) is 5.56 Å². The molecule has 0 spiro atoms. The molecule has 5 amide bonds. The highest BCUT2D eigenvalue weighted by Gasteiger charge is 2.33. The highest BCUT2D eigenvalue weighted by atomic mass is 16.3. The molecule has 49 heavy (non-hydrogen) atoms. The van der Waals surface area contributed by atoms with Gasteiger partial charge in [-0.15, -0.1) is 0 Å². The van der Waals surface area contributed by atoms with Crippen molar-refractivity contribution in [2.75, 3.05) is 6.54 Å². The number of phenols is 1. The molecule has 4 rings (SSSR count). The van der Waals surface area contributed by atoms with E-state index >= 15 is 0 Å². The number of nitrogens with one attached hydrogen (secondary N) is 5. The van der Waals surface area contributed by atoms with E-state index in [2.05, 4.69) is 26.6 Å². The highest BCUT2D eigenvalue weighted by Crippen LogP contribution is 2.15. The van der Waals surface area contributed by atoms with Crippen molar-refractivity contribution in [3.63, 3.8) is 0 Å². The number of benzene rings is 3. The average Bonchev–Trinajstić information content (AvgIpc) is 3.07. The third-order valence-corrected chi connectivity index (χ3v) is 8.27. The molecule has 1 aliphatic rings. The number of nitrogens with two attached hydrogens (primary N) is 1. The van der Waals surface area contributed by atoms with Crippen molar-refractivity contribution in [1.29, 1.82) is 0 Å². The van der Waals surface area contributed by atoms with Crippen LogP contribution in [0.4, 0.5) is 0 Å². The second-order valence-electron chi connectivity index (χ2n) is 12.8. The van der Waals surface area contributed by atoms with Gasteiger partial charge in [0, 0.05) is 19.4 Å². The van der Waals surface area contributed by atoms with Crippen LogP contribution in [0.3, 0.4) is 0 Å². The lowest BCUT2D eigenvalue weighted by Gasteiger charge is -2.29. The van der Waals surface area contributed by atoms with E-state index in [9.17, 15) is 29.1 Å². The zero-order valence-electron chi connectivity index (χ0n) is 27.9. The van der Waals surface area contributed by atoms with Crippen molar-refractivity contribution >= 4 is 29.5 Å². The summed E-state index contributed by atoms with van der Waals surface area (Å²) in [5.41, 5.74) is 8.54. The van der Waals surface area contributed by atoms with Crippen LogP contribution in [0.25, 0.3) is 0 Å². The Kier molecular flexibility index (Phi) is 13.3. The zero-order valence-corrected chi connectivity index (χ0v) is 27.9. The lowest BCUT2D eigenvalue weighted by atomic mass is 9.94. The first-order valence-electron chi connectivity index (χ1n) is 16.6. The van der Waals surface area contributed by atoms with Gasteiger partial charge in [-0.05, 0) is 54.0 Å². The molecule has 3 aromatic rings. The summed E-state index contributed by atoms with van der Waals surface area (Å²) >= 11 is 0. The van der Waals surface area contributed by atoms with E-state index in [1.165, 1.54) is 12.1 Å². The molecule has 0 aromatic heterocycles. The second-order valence-corrected chi connectivity index (χ2v) is 12.8. The zero-order chi connectivity index (χ0) is 35.3.